The minimum Gasteiger partial charge on any atom is -0.396 e. The molecule has 14 heavy (non-hydrogen) atoms. The van der Waals surface area contributed by atoms with E-state index in [1.54, 1.807) is 6.92 Å². The Morgan fingerprint density at radius 1 is 1.50 bits per heavy atom. The molecule has 0 radical (unpaired) electrons. The van der Waals surface area contributed by atoms with Crippen LogP contribution < -0.4 is 5.32 Å². The highest BCUT2D eigenvalue weighted by atomic mass is 16.7. The van der Waals surface area contributed by atoms with Crippen molar-refractivity contribution in [3.8, 4) is 6.07 Å². The Hall–Kier alpha value is -0.670. The second-order valence-corrected chi connectivity index (χ2v) is 3.12. The highest BCUT2D eigenvalue weighted by Gasteiger charge is 2.34. The van der Waals surface area contributed by atoms with E-state index < -0.39 is 11.8 Å². The van der Waals surface area contributed by atoms with Crippen molar-refractivity contribution in [1.82, 2.24) is 5.32 Å². The lowest BCUT2D eigenvalue weighted by molar-refractivity contribution is -0.137. The molecule has 2 N–H and O–H groups in total. The van der Waals surface area contributed by atoms with E-state index in [2.05, 4.69) is 11.4 Å². The van der Waals surface area contributed by atoms with Gasteiger partial charge in [0.25, 0.3) is 0 Å². The monoisotopic (exact) mass is 202 g/mol. The maximum Gasteiger partial charge on any atom is 0.188 e. The standard InChI is InChI=1S/C9H18N2O3/c1-9(7-10,8(13-2)14-3)11-5-4-6-12/h8,11-12H,4-6H2,1-3H3. The number of nitriles is 1. The fourth-order valence-electron chi connectivity index (χ4n) is 1.17. The lowest BCUT2D eigenvalue weighted by atomic mass is 10.0. The summed E-state index contributed by atoms with van der Waals surface area (Å²) in [5, 5.41) is 20.6. The van der Waals surface area contributed by atoms with Crippen molar-refractivity contribution in [1.29, 1.82) is 5.26 Å². The van der Waals surface area contributed by atoms with Gasteiger partial charge in [0.2, 0.25) is 0 Å². The maximum atomic E-state index is 8.98. The molecule has 0 aromatic carbocycles. The summed E-state index contributed by atoms with van der Waals surface area (Å²) < 4.78 is 10.0. The molecule has 5 nitrogen and oxygen atoms in total. The van der Waals surface area contributed by atoms with Crippen molar-refractivity contribution in [2.75, 3.05) is 27.4 Å². The molecular formula is C9H18N2O3. The van der Waals surface area contributed by atoms with E-state index in [4.69, 9.17) is 19.8 Å². The number of aliphatic hydroxyl groups is 1. The van der Waals surface area contributed by atoms with Crippen LogP contribution in [0.15, 0.2) is 0 Å². The molecule has 0 aromatic rings. The van der Waals surface area contributed by atoms with Gasteiger partial charge in [0.15, 0.2) is 11.8 Å². The fourth-order valence-corrected chi connectivity index (χ4v) is 1.17. The Bertz CT molecular complexity index is 189. The van der Waals surface area contributed by atoms with Crippen LogP contribution in [0.5, 0.6) is 0 Å². The van der Waals surface area contributed by atoms with Crippen LogP contribution in [0.25, 0.3) is 0 Å². The Labute approximate surface area is 84.6 Å². The first-order valence-electron chi connectivity index (χ1n) is 4.47. The molecule has 0 aliphatic carbocycles. The van der Waals surface area contributed by atoms with Crippen LogP contribution in [-0.2, 0) is 9.47 Å². The third-order valence-electron chi connectivity index (χ3n) is 1.96. The first kappa shape index (κ1) is 13.3. The summed E-state index contributed by atoms with van der Waals surface area (Å²) in [5.41, 5.74) is -0.890. The minimum absolute atomic E-state index is 0.0964. The van der Waals surface area contributed by atoms with E-state index in [1.165, 1.54) is 14.2 Å². The quantitative estimate of drug-likeness (QED) is 0.444. The van der Waals surface area contributed by atoms with Crippen molar-refractivity contribution in [2.24, 2.45) is 0 Å². The average molecular weight is 202 g/mol. The Balaban J connectivity index is 4.23. The molecule has 0 heterocycles. The zero-order valence-electron chi connectivity index (χ0n) is 8.91. The molecule has 1 atom stereocenters. The maximum absolute atomic E-state index is 8.98. The number of nitrogens with zero attached hydrogens (tertiary/aromatic N) is 1. The average Bonchev–Trinajstić information content (AvgIpc) is 2.20. The van der Waals surface area contributed by atoms with E-state index in [1.807, 2.05) is 0 Å². The number of nitrogens with one attached hydrogen (secondary N) is 1. The van der Waals surface area contributed by atoms with Crippen molar-refractivity contribution >= 4 is 0 Å². The molecule has 0 bridgehead atoms. The molecule has 0 saturated carbocycles. The zero-order chi connectivity index (χ0) is 11.0. The van der Waals surface area contributed by atoms with Crippen LogP contribution in [0.1, 0.15) is 13.3 Å². The Morgan fingerprint density at radius 3 is 2.43 bits per heavy atom. The van der Waals surface area contributed by atoms with Gasteiger partial charge in [0.1, 0.15) is 0 Å². The molecule has 82 valence electrons. The van der Waals surface area contributed by atoms with E-state index in [9.17, 15) is 0 Å². The molecule has 1 unspecified atom stereocenters. The van der Waals surface area contributed by atoms with Gasteiger partial charge in [-0.15, -0.1) is 0 Å². The number of ether oxygens (including phenoxy) is 2. The molecule has 0 saturated heterocycles. The number of methoxy groups -OCH3 is 2. The van der Waals surface area contributed by atoms with Gasteiger partial charge in [-0.1, -0.05) is 0 Å². The van der Waals surface area contributed by atoms with E-state index in [0.29, 0.717) is 13.0 Å². The summed E-state index contributed by atoms with van der Waals surface area (Å²) in [7, 11) is 2.97. The molecule has 0 amide bonds. The molecule has 5 heteroatoms. The van der Waals surface area contributed by atoms with Gasteiger partial charge in [-0.25, -0.2) is 0 Å². The van der Waals surface area contributed by atoms with Gasteiger partial charge in [-0.2, -0.15) is 5.26 Å². The van der Waals surface area contributed by atoms with Crippen LogP contribution in [0, 0.1) is 11.3 Å². The highest BCUT2D eigenvalue weighted by Crippen LogP contribution is 2.12. The van der Waals surface area contributed by atoms with E-state index in [-0.39, 0.29) is 6.61 Å². The summed E-state index contributed by atoms with van der Waals surface area (Å²) >= 11 is 0. The van der Waals surface area contributed by atoms with Gasteiger partial charge >= 0.3 is 0 Å². The van der Waals surface area contributed by atoms with Crippen LogP contribution in [0.3, 0.4) is 0 Å². The second-order valence-electron chi connectivity index (χ2n) is 3.12. The van der Waals surface area contributed by atoms with Crippen LogP contribution in [-0.4, -0.2) is 44.3 Å². The fraction of sp³-hybridized carbons (Fsp3) is 0.889. The normalized spacial score (nSPS) is 15.1. The third-order valence-corrected chi connectivity index (χ3v) is 1.96. The zero-order valence-corrected chi connectivity index (χ0v) is 8.91. The van der Waals surface area contributed by atoms with Crippen molar-refractivity contribution in [2.45, 2.75) is 25.2 Å². The first-order chi connectivity index (χ1) is 6.64. The number of hydrogen-bond acceptors (Lipinski definition) is 5. The molecular weight excluding hydrogens is 184 g/mol. The molecule has 0 aliphatic heterocycles. The Kier molecular flexibility index (Phi) is 6.41. The van der Waals surface area contributed by atoms with Gasteiger partial charge in [0.05, 0.1) is 6.07 Å². The SMILES string of the molecule is COC(OC)C(C)(C#N)NCCCO. The van der Waals surface area contributed by atoms with Gasteiger partial charge < -0.3 is 14.6 Å². The summed E-state index contributed by atoms with van der Waals surface area (Å²) in [4.78, 5) is 0. The van der Waals surface area contributed by atoms with E-state index in [0.717, 1.165) is 0 Å². The van der Waals surface area contributed by atoms with Crippen LogP contribution in [0.4, 0.5) is 0 Å². The lowest BCUT2D eigenvalue weighted by Crippen LogP contribution is -2.53. The van der Waals surface area contributed by atoms with Crippen molar-refractivity contribution in [3.63, 3.8) is 0 Å². The van der Waals surface area contributed by atoms with Crippen molar-refractivity contribution < 1.29 is 14.6 Å². The van der Waals surface area contributed by atoms with Crippen LogP contribution >= 0.6 is 0 Å². The smallest absolute Gasteiger partial charge is 0.188 e. The summed E-state index contributed by atoms with van der Waals surface area (Å²) in [5.74, 6) is 0. The first-order valence-corrected chi connectivity index (χ1v) is 4.47. The largest absolute Gasteiger partial charge is 0.396 e. The summed E-state index contributed by atoms with van der Waals surface area (Å²) in [6, 6.07) is 2.10. The highest BCUT2D eigenvalue weighted by molar-refractivity contribution is 5.06. The molecule has 0 spiro atoms. The van der Waals surface area contributed by atoms with Gasteiger partial charge in [-0.05, 0) is 19.9 Å². The number of rotatable bonds is 7. The van der Waals surface area contributed by atoms with Crippen LogP contribution in [0.2, 0.25) is 0 Å². The van der Waals surface area contributed by atoms with Gasteiger partial charge in [-0.3, -0.25) is 5.32 Å². The number of aliphatic hydroxyl groups excluding tert-OH is 1. The topological polar surface area (TPSA) is 74.5 Å². The summed E-state index contributed by atoms with van der Waals surface area (Å²) in [6.45, 7) is 2.34. The van der Waals surface area contributed by atoms with Gasteiger partial charge in [0, 0.05) is 20.8 Å². The Morgan fingerprint density at radius 2 is 2.07 bits per heavy atom. The number of hydrogen-bond donors (Lipinski definition) is 2. The molecule has 0 aromatic heterocycles. The van der Waals surface area contributed by atoms with Crippen molar-refractivity contribution in [3.05, 3.63) is 0 Å². The minimum atomic E-state index is -0.890. The predicted molar refractivity (Wildman–Crippen MR) is 51.5 cm³/mol. The molecule has 0 aliphatic rings. The lowest BCUT2D eigenvalue weighted by Gasteiger charge is -2.30. The molecule has 0 fully saturated rings. The third kappa shape index (κ3) is 3.60. The predicted octanol–water partition coefficient (Wildman–Crippen LogP) is -0.140. The second kappa shape index (κ2) is 6.74. The summed E-state index contributed by atoms with van der Waals surface area (Å²) in [6.07, 6.45) is -0.0246. The van der Waals surface area contributed by atoms with E-state index >= 15 is 0 Å². The molecule has 0 rings (SSSR count).